The van der Waals surface area contributed by atoms with E-state index < -0.39 is 0 Å². The Hall–Kier alpha value is -1.35. The molecule has 0 atom stereocenters. The Balaban J connectivity index is 2.62. The lowest BCUT2D eigenvalue weighted by Gasteiger charge is -2.18. The third kappa shape index (κ3) is 4.19. The maximum atomic E-state index is 11.3. The summed E-state index contributed by atoms with van der Waals surface area (Å²) in [6, 6.07) is 6.25. The monoisotopic (exact) mass is 235 g/mol. The van der Waals surface area contributed by atoms with Gasteiger partial charge in [0.05, 0.1) is 13.2 Å². The first-order chi connectivity index (χ1) is 8.04. The van der Waals surface area contributed by atoms with E-state index >= 15 is 0 Å². The maximum absolute atomic E-state index is 11.3. The van der Waals surface area contributed by atoms with E-state index in [4.69, 9.17) is 4.74 Å². The van der Waals surface area contributed by atoms with Crippen LogP contribution in [0.3, 0.4) is 0 Å². The number of hydrogen-bond acceptors (Lipinski definition) is 3. The van der Waals surface area contributed by atoms with Crippen molar-refractivity contribution in [3.8, 4) is 0 Å². The Morgan fingerprint density at radius 1 is 1.29 bits per heavy atom. The van der Waals surface area contributed by atoms with Crippen molar-refractivity contribution in [3.63, 3.8) is 0 Å². The normalized spacial score (nSPS) is 10.6. The Morgan fingerprint density at radius 2 is 1.88 bits per heavy atom. The van der Waals surface area contributed by atoms with Crippen LogP contribution in [-0.4, -0.2) is 31.1 Å². The first kappa shape index (κ1) is 13.7. The van der Waals surface area contributed by atoms with Crippen LogP contribution in [0.25, 0.3) is 0 Å². The molecule has 0 bridgehead atoms. The summed E-state index contributed by atoms with van der Waals surface area (Å²) in [6.45, 7) is 7.57. The van der Waals surface area contributed by atoms with Crippen molar-refractivity contribution in [1.82, 2.24) is 4.90 Å². The molecule has 94 valence electrons. The van der Waals surface area contributed by atoms with Crippen molar-refractivity contribution < 1.29 is 9.53 Å². The minimum Gasteiger partial charge on any atom is -0.465 e. The number of benzene rings is 1. The van der Waals surface area contributed by atoms with Crippen LogP contribution in [-0.2, 0) is 16.1 Å². The van der Waals surface area contributed by atoms with Crippen LogP contribution in [0.5, 0.6) is 0 Å². The Bertz CT molecular complexity index is 368. The minimum absolute atomic E-state index is 0.166. The second-order valence-electron chi connectivity index (χ2n) is 4.35. The quantitative estimate of drug-likeness (QED) is 0.733. The van der Waals surface area contributed by atoms with Crippen LogP contribution < -0.4 is 0 Å². The summed E-state index contributed by atoms with van der Waals surface area (Å²) in [4.78, 5) is 13.3. The molecule has 1 rings (SSSR count). The van der Waals surface area contributed by atoms with Crippen LogP contribution in [0.15, 0.2) is 18.2 Å². The van der Waals surface area contributed by atoms with Crippen molar-refractivity contribution in [1.29, 1.82) is 0 Å². The van der Waals surface area contributed by atoms with Crippen molar-refractivity contribution in [2.45, 2.75) is 27.3 Å². The number of rotatable bonds is 5. The fraction of sp³-hybridized carbons (Fsp3) is 0.500. The fourth-order valence-electron chi connectivity index (χ4n) is 1.85. The molecule has 0 radical (unpaired) electrons. The summed E-state index contributed by atoms with van der Waals surface area (Å²) in [6.07, 6.45) is 0. The van der Waals surface area contributed by atoms with Gasteiger partial charge in [0, 0.05) is 6.54 Å². The molecule has 0 unspecified atom stereocenters. The number of carbonyl (C=O) groups is 1. The van der Waals surface area contributed by atoms with E-state index in [1.165, 1.54) is 16.7 Å². The number of likely N-dealkylation sites (N-methyl/N-ethyl adjacent to an activating group) is 1. The van der Waals surface area contributed by atoms with E-state index in [2.05, 4.69) is 32.0 Å². The van der Waals surface area contributed by atoms with Gasteiger partial charge in [0.2, 0.25) is 0 Å². The highest BCUT2D eigenvalue weighted by Gasteiger charge is 2.10. The van der Waals surface area contributed by atoms with E-state index in [-0.39, 0.29) is 5.97 Å². The van der Waals surface area contributed by atoms with E-state index in [1.54, 1.807) is 0 Å². The van der Waals surface area contributed by atoms with Crippen molar-refractivity contribution in [3.05, 3.63) is 34.9 Å². The first-order valence-corrected chi connectivity index (χ1v) is 5.93. The van der Waals surface area contributed by atoms with E-state index in [1.807, 2.05) is 18.9 Å². The first-order valence-electron chi connectivity index (χ1n) is 5.93. The SMILES string of the molecule is CCOC(=O)CN(C)Cc1c(C)cccc1C. The van der Waals surface area contributed by atoms with Gasteiger partial charge in [-0.25, -0.2) is 0 Å². The summed E-state index contributed by atoms with van der Waals surface area (Å²) in [5.41, 5.74) is 3.82. The number of carbonyl (C=O) groups excluding carboxylic acids is 1. The Morgan fingerprint density at radius 3 is 2.41 bits per heavy atom. The zero-order valence-corrected chi connectivity index (χ0v) is 11.1. The minimum atomic E-state index is -0.166. The molecule has 1 aromatic rings. The van der Waals surface area contributed by atoms with Crippen molar-refractivity contribution >= 4 is 5.97 Å². The zero-order valence-electron chi connectivity index (χ0n) is 11.1. The van der Waals surface area contributed by atoms with Gasteiger partial charge in [0.25, 0.3) is 0 Å². The van der Waals surface area contributed by atoms with Gasteiger partial charge < -0.3 is 4.74 Å². The Kier molecular flexibility index (Phi) is 5.16. The molecule has 0 aromatic heterocycles. The topological polar surface area (TPSA) is 29.5 Å². The molecule has 17 heavy (non-hydrogen) atoms. The highest BCUT2D eigenvalue weighted by molar-refractivity contribution is 5.71. The molecule has 0 N–H and O–H groups in total. The van der Waals surface area contributed by atoms with E-state index in [9.17, 15) is 4.79 Å². The standard InChI is InChI=1S/C14H21NO2/c1-5-17-14(16)10-15(4)9-13-11(2)7-6-8-12(13)3/h6-8H,5,9-10H2,1-4H3. The van der Waals surface area contributed by atoms with Crippen LogP contribution in [0.2, 0.25) is 0 Å². The molecule has 0 aliphatic rings. The predicted octanol–water partition coefficient (Wildman–Crippen LogP) is 2.30. The van der Waals surface area contributed by atoms with E-state index in [0.717, 1.165) is 6.54 Å². The highest BCUT2D eigenvalue weighted by atomic mass is 16.5. The molecule has 0 aliphatic carbocycles. The number of ether oxygens (including phenoxy) is 1. The van der Waals surface area contributed by atoms with Gasteiger partial charge in [-0.15, -0.1) is 0 Å². The average molecular weight is 235 g/mol. The molecule has 0 amide bonds. The molecule has 0 fully saturated rings. The lowest BCUT2D eigenvalue weighted by Crippen LogP contribution is -2.27. The summed E-state index contributed by atoms with van der Waals surface area (Å²) >= 11 is 0. The molecular formula is C14H21NO2. The van der Waals surface area contributed by atoms with Crippen LogP contribution in [0, 0.1) is 13.8 Å². The molecule has 3 heteroatoms. The molecule has 0 saturated heterocycles. The maximum Gasteiger partial charge on any atom is 0.320 e. The zero-order chi connectivity index (χ0) is 12.8. The summed E-state index contributed by atoms with van der Waals surface area (Å²) in [7, 11) is 1.93. The second-order valence-corrected chi connectivity index (χ2v) is 4.35. The van der Waals surface area contributed by atoms with Gasteiger partial charge in [-0.2, -0.15) is 0 Å². The molecule has 0 saturated carbocycles. The summed E-state index contributed by atoms with van der Waals surface area (Å²) in [5.74, 6) is -0.166. The fourth-order valence-corrected chi connectivity index (χ4v) is 1.85. The number of nitrogens with zero attached hydrogens (tertiary/aromatic N) is 1. The third-order valence-electron chi connectivity index (χ3n) is 2.78. The highest BCUT2D eigenvalue weighted by Crippen LogP contribution is 2.14. The van der Waals surface area contributed by atoms with Gasteiger partial charge in [-0.1, -0.05) is 18.2 Å². The molecule has 1 aromatic carbocycles. The third-order valence-corrected chi connectivity index (χ3v) is 2.78. The van der Waals surface area contributed by atoms with Crippen molar-refractivity contribution in [2.24, 2.45) is 0 Å². The predicted molar refractivity (Wildman–Crippen MR) is 68.9 cm³/mol. The van der Waals surface area contributed by atoms with Gasteiger partial charge in [0.15, 0.2) is 0 Å². The Labute approximate surface area is 103 Å². The van der Waals surface area contributed by atoms with E-state index in [0.29, 0.717) is 13.2 Å². The van der Waals surface area contributed by atoms with Crippen LogP contribution in [0.1, 0.15) is 23.6 Å². The van der Waals surface area contributed by atoms with Crippen molar-refractivity contribution in [2.75, 3.05) is 20.2 Å². The summed E-state index contributed by atoms with van der Waals surface area (Å²) < 4.78 is 4.93. The number of aryl methyl sites for hydroxylation is 2. The van der Waals surface area contributed by atoms with Gasteiger partial charge >= 0.3 is 5.97 Å². The average Bonchev–Trinajstić information content (AvgIpc) is 2.24. The molecular weight excluding hydrogens is 214 g/mol. The second kappa shape index (κ2) is 6.40. The van der Waals surface area contributed by atoms with Gasteiger partial charge in [-0.3, -0.25) is 9.69 Å². The molecule has 0 aliphatic heterocycles. The lowest BCUT2D eigenvalue weighted by molar-refractivity contribution is -0.144. The molecule has 3 nitrogen and oxygen atoms in total. The number of hydrogen-bond donors (Lipinski definition) is 0. The largest absolute Gasteiger partial charge is 0.465 e. The van der Waals surface area contributed by atoms with Crippen LogP contribution >= 0.6 is 0 Å². The summed E-state index contributed by atoms with van der Waals surface area (Å²) in [5, 5.41) is 0. The van der Waals surface area contributed by atoms with Gasteiger partial charge in [-0.05, 0) is 44.5 Å². The number of esters is 1. The molecule has 0 spiro atoms. The lowest BCUT2D eigenvalue weighted by atomic mass is 10.0. The molecule has 0 heterocycles. The van der Waals surface area contributed by atoms with Gasteiger partial charge in [0.1, 0.15) is 0 Å². The smallest absolute Gasteiger partial charge is 0.320 e. The van der Waals surface area contributed by atoms with Crippen LogP contribution in [0.4, 0.5) is 0 Å².